The lowest BCUT2D eigenvalue weighted by atomic mass is 10.2. The molecule has 6 heteroatoms. The second kappa shape index (κ2) is 5.40. The van der Waals surface area contributed by atoms with E-state index >= 15 is 0 Å². The Morgan fingerprint density at radius 1 is 1.47 bits per heavy atom. The Morgan fingerprint density at radius 3 is 2.84 bits per heavy atom. The molecule has 0 aliphatic rings. The van der Waals surface area contributed by atoms with Crippen molar-refractivity contribution in [2.24, 2.45) is 0 Å². The van der Waals surface area contributed by atoms with E-state index in [2.05, 4.69) is 9.97 Å². The van der Waals surface area contributed by atoms with E-state index in [1.165, 1.54) is 13.3 Å². The van der Waals surface area contributed by atoms with E-state index in [0.29, 0.717) is 16.9 Å². The fraction of sp³-hybridized carbons (Fsp3) is 0.308. The van der Waals surface area contributed by atoms with E-state index in [4.69, 9.17) is 21.1 Å². The molecule has 2 aromatic heterocycles. The average Bonchev–Trinajstić information content (AvgIpc) is 2.38. The molecule has 0 aliphatic carbocycles. The predicted octanol–water partition coefficient (Wildman–Crippen LogP) is 2.78. The maximum atomic E-state index is 11.7. The van der Waals surface area contributed by atoms with E-state index in [1.807, 2.05) is 13.0 Å². The zero-order chi connectivity index (χ0) is 14.0. The fourth-order valence-electron chi connectivity index (χ4n) is 1.72. The van der Waals surface area contributed by atoms with Crippen molar-refractivity contribution >= 4 is 28.6 Å². The van der Waals surface area contributed by atoms with Crippen molar-refractivity contribution in [3.05, 3.63) is 28.4 Å². The number of aromatic nitrogens is 2. The quantitative estimate of drug-likeness (QED) is 0.809. The summed E-state index contributed by atoms with van der Waals surface area (Å²) in [6.45, 7) is 3.86. The molecule has 0 saturated heterocycles. The molecule has 0 aliphatic heterocycles. The van der Waals surface area contributed by atoms with E-state index in [9.17, 15) is 4.79 Å². The van der Waals surface area contributed by atoms with Gasteiger partial charge < -0.3 is 9.47 Å². The second-order valence-electron chi connectivity index (χ2n) is 3.89. The summed E-state index contributed by atoms with van der Waals surface area (Å²) in [7, 11) is 1.53. The molecule has 0 fully saturated rings. The third-order valence-electron chi connectivity index (χ3n) is 2.61. The molecular weight excluding hydrogens is 268 g/mol. The van der Waals surface area contributed by atoms with Gasteiger partial charge in [-0.15, -0.1) is 0 Å². The number of esters is 1. The van der Waals surface area contributed by atoms with E-state index in [0.717, 1.165) is 5.56 Å². The van der Waals surface area contributed by atoms with Crippen molar-refractivity contribution in [3.8, 4) is 5.88 Å². The van der Waals surface area contributed by atoms with Gasteiger partial charge in [0.05, 0.1) is 29.8 Å². The van der Waals surface area contributed by atoms with Gasteiger partial charge in [-0.05, 0) is 19.9 Å². The zero-order valence-electron chi connectivity index (χ0n) is 10.9. The Hall–Kier alpha value is -1.88. The summed E-state index contributed by atoms with van der Waals surface area (Å²) in [5.74, 6) is -0.0551. The summed E-state index contributed by atoms with van der Waals surface area (Å²) in [6.07, 6.45) is 1.40. The third kappa shape index (κ3) is 2.46. The first kappa shape index (κ1) is 13.5. The standard InChI is InChI=1S/C13H13ClN2O3/c1-4-19-13(17)8-6-15-9-5-7(2)12(18-3)16-11(9)10(8)14/h5-6H,4H2,1-3H3. The van der Waals surface area contributed by atoms with Crippen molar-refractivity contribution in [1.29, 1.82) is 0 Å². The van der Waals surface area contributed by atoms with E-state index in [1.54, 1.807) is 6.92 Å². The Morgan fingerprint density at radius 2 is 2.21 bits per heavy atom. The summed E-state index contributed by atoms with van der Waals surface area (Å²) in [5, 5.41) is 0.224. The van der Waals surface area contributed by atoms with Crippen LogP contribution in [0.2, 0.25) is 5.02 Å². The van der Waals surface area contributed by atoms with Crippen LogP contribution in [0.25, 0.3) is 11.0 Å². The molecule has 0 bridgehead atoms. The van der Waals surface area contributed by atoms with Gasteiger partial charge in [-0.1, -0.05) is 11.6 Å². The minimum absolute atomic E-state index is 0.203. The SMILES string of the molecule is CCOC(=O)c1cnc2cc(C)c(OC)nc2c1Cl. The lowest BCUT2D eigenvalue weighted by Crippen LogP contribution is -2.07. The molecule has 2 heterocycles. The summed E-state index contributed by atoms with van der Waals surface area (Å²) in [4.78, 5) is 20.2. The Kier molecular flexibility index (Phi) is 3.85. The molecule has 2 aromatic rings. The molecule has 5 nitrogen and oxygen atoms in total. The molecule has 0 radical (unpaired) electrons. The van der Waals surface area contributed by atoms with Gasteiger partial charge in [0.2, 0.25) is 5.88 Å². The molecule has 0 unspecified atom stereocenters. The van der Waals surface area contributed by atoms with Gasteiger partial charge in [-0.3, -0.25) is 4.98 Å². The Labute approximate surface area is 115 Å². The van der Waals surface area contributed by atoms with Crippen molar-refractivity contribution in [1.82, 2.24) is 9.97 Å². The number of aryl methyl sites for hydroxylation is 1. The van der Waals surface area contributed by atoms with Gasteiger partial charge in [0.1, 0.15) is 5.52 Å². The molecule has 19 heavy (non-hydrogen) atoms. The number of pyridine rings is 2. The van der Waals surface area contributed by atoms with Crippen molar-refractivity contribution in [3.63, 3.8) is 0 Å². The summed E-state index contributed by atoms with van der Waals surface area (Å²) < 4.78 is 10.1. The number of rotatable bonds is 3. The van der Waals surface area contributed by atoms with E-state index < -0.39 is 5.97 Å². The number of hydrogen-bond donors (Lipinski definition) is 0. The lowest BCUT2D eigenvalue weighted by molar-refractivity contribution is 0.0526. The minimum atomic E-state index is -0.511. The Bertz CT molecular complexity index is 643. The van der Waals surface area contributed by atoms with E-state index in [-0.39, 0.29) is 17.2 Å². The van der Waals surface area contributed by atoms with Crippen LogP contribution in [-0.4, -0.2) is 29.7 Å². The van der Waals surface area contributed by atoms with Crippen LogP contribution in [0.5, 0.6) is 5.88 Å². The number of hydrogen-bond acceptors (Lipinski definition) is 5. The molecule has 2 rings (SSSR count). The lowest BCUT2D eigenvalue weighted by Gasteiger charge is -2.09. The first-order valence-corrected chi connectivity index (χ1v) is 6.13. The largest absolute Gasteiger partial charge is 0.481 e. The van der Waals surface area contributed by atoms with Gasteiger partial charge in [-0.25, -0.2) is 9.78 Å². The van der Waals surface area contributed by atoms with Gasteiger partial charge in [0.25, 0.3) is 0 Å². The number of fused-ring (bicyclic) bond motifs is 1. The highest BCUT2D eigenvalue weighted by Crippen LogP contribution is 2.28. The van der Waals surface area contributed by atoms with Crippen LogP contribution in [0.3, 0.4) is 0 Å². The normalized spacial score (nSPS) is 10.5. The fourth-order valence-corrected chi connectivity index (χ4v) is 1.98. The molecular formula is C13H13ClN2O3. The number of carbonyl (C=O) groups is 1. The summed E-state index contributed by atoms with van der Waals surface area (Å²) in [6, 6.07) is 1.81. The van der Waals surface area contributed by atoms with Crippen molar-refractivity contribution in [2.75, 3.05) is 13.7 Å². The Balaban J connectivity index is 2.63. The number of carbonyl (C=O) groups excluding carboxylic acids is 1. The number of ether oxygens (including phenoxy) is 2. The predicted molar refractivity (Wildman–Crippen MR) is 71.8 cm³/mol. The highest BCUT2D eigenvalue weighted by atomic mass is 35.5. The van der Waals surface area contributed by atoms with Crippen molar-refractivity contribution < 1.29 is 14.3 Å². The van der Waals surface area contributed by atoms with Gasteiger partial charge in [0, 0.05) is 11.8 Å². The smallest absolute Gasteiger partial charge is 0.341 e. The van der Waals surface area contributed by atoms with Gasteiger partial charge in [0.15, 0.2) is 0 Å². The summed E-state index contributed by atoms with van der Waals surface area (Å²) in [5.41, 5.74) is 2.09. The van der Waals surface area contributed by atoms with Crippen molar-refractivity contribution in [2.45, 2.75) is 13.8 Å². The molecule has 0 amide bonds. The number of methoxy groups -OCH3 is 1. The number of halogens is 1. The number of nitrogens with zero attached hydrogens (tertiary/aromatic N) is 2. The van der Waals surface area contributed by atoms with Gasteiger partial charge in [-0.2, -0.15) is 0 Å². The minimum Gasteiger partial charge on any atom is -0.481 e. The van der Waals surface area contributed by atoms with Crippen LogP contribution >= 0.6 is 11.6 Å². The van der Waals surface area contributed by atoms with Crippen LogP contribution in [0.1, 0.15) is 22.8 Å². The van der Waals surface area contributed by atoms with Crippen LogP contribution in [0, 0.1) is 6.92 Å². The first-order chi connectivity index (χ1) is 9.08. The van der Waals surface area contributed by atoms with Crippen LogP contribution < -0.4 is 4.74 Å². The monoisotopic (exact) mass is 280 g/mol. The second-order valence-corrected chi connectivity index (χ2v) is 4.27. The summed E-state index contributed by atoms with van der Waals surface area (Å²) >= 11 is 6.19. The first-order valence-electron chi connectivity index (χ1n) is 5.75. The van der Waals surface area contributed by atoms with Crippen LogP contribution in [-0.2, 0) is 4.74 Å². The van der Waals surface area contributed by atoms with Crippen LogP contribution in [0.4, 0.5) is 0 Å². The maximum Gasteiger partial charge on any atom is 0.341 e. The highest BCUT2D eigenvalue weighted by molar-refractivity contribution is 6.37. The molecule has 0 spiro atoms. The molecule has 0 N–H and O–H groups in total. The third-order valence-corrected chi connectivity index (χ3v) is 2.99. The topological polar surface area (TPSA) is 61.3 Å². The highest BCUT2D eigenvalue weighted by Gasteiger charge is 2.17. The molecule has 0 aromatic carbocycles. The zero-order valence-corrected chi connectivity index (χ0v) is 11.6. The maximum absolute atomic E-state index is 11.7. The molecule has 0 saturated carbocycles. The molecule has 100 valence electrons. The average molecular weight is 281 g/mol. The molecule has 0 atom stereocenters. The van der Waals surface area contributed by atoms with Crippen LogP contribution in [0.15, 0.2) is 12.3 Å². The van der Waals surface area contributed by atoms with Gasteiger partial charge >= 0.3 is 5.97 Å².